The van der Waals surface area contributed by atoms with Crippen LogP contribution in [0, 0.1) is 0 Å². The van der Waals surface area contributed by atoms with E-state index in [9.17, 15) is 0 Å². The average Bonchev–Trinajstić information content (AvgIpc) is 2.15. The van der Waals surface area contributed by atoms with Crippen molar-refractivity contribution in [2.75, 3.05) is 0 Å². The molecule has 0 heteroatoms. The highest BCUT2D eigenvalue weighted by Gasteiger charge is 1.87. The third-order valence-corrected chi connectivity index (χ3v) is 2.25. The molecule has 0 spiro atoms. The van der Waals surface area contributed by atoms with Gasteiger partial charge in [0.15, 0.2) is 0 Å². The summed E-state index contributed by atoms with van der Waals surface area (Å²) >= 11 is 0. The van der Waals surface area contributed by atoms with Gasteiger partial charge in [-0.3, -0.25) is 0 Å². The van der Waals surface area contributed by atoms with Crippen LogP contribution in [-0.2, 0) is 0 Å². The molecule has 0 nitrogen and oxygen atoms in total. The largest absolute Gasteiger partial charge is 0.0961 e. The van der Waals surface area contributed by atoms with E-state index < -0.39 is 0 Å². The van der Waals surface area contributed by atoms with Crippen LogP contribution < -0.4 is 0 Å². The molecule has 0 saturated heterocycles. The van der Waals surface area contributed by atoms with Gasteiger partial charge in [0.05, 0.1) is 0 Å². The van der Waals surface area contributed by atoms with Crippen molar-refractivity contribution in [2.24, 2.45) is 0 Å². The molecular formula is C14H22. The second kappa shape index (κ2) is 7.37. The van der Waals surface area contributed by atoms with Crippen molar-refractivity contribution >= 4 is 0 Å². The van der Waals surface area contributed by atoms with E-state index in [0.29, 0.717) is 0 Å². The zero-order chi connectivity index (χ0) is 11.0. The Morgan fingerprint density at radius 3 is 2.14 bits per heavy atom. The van der Waals surface area contributed by atoms with Gasteiger partial charge in [-0.05, 0) is 33.6 Å². The predicted molar refractivity (Wildman–Crippen MR) is 66.4 cm³/mol. The summed E-state index contributed by atoms with van der Waals surface area (Å²) in [5.41, 5.74) is 3.96. The number of rotatable bonds is 5. The molecule has 0 saturated carbocycles. The quantitative estimate of drug-likeness (QED) is 0.546. The Morgan fingerprint density at radius 2 is 1.64 bits per heavy atom. The summed E-state index contributed by atoms with van der Waals surface area (Å²) in [5, 5.41) is 0. The molecule has 0 aliphatic heterocycles. The van der Waals surface area contributed by atoms with Crippen LogP contribution in [0.4, 0.5) is 0 Å². The minimum absolute atomic E-state index is 0.987. The van der Waals surface area contributed by atoms with Crippen LogP contribution in [-0.4, -0.2) is 0 Å². The summed E-state index contributed by atoms with van der Waals surface area (Å²) in [6, 6.07) is 0. The van der Waals surface area contributed by atoms with Gasteiger partial charge in [-0.1, -0.05) is 54.5 Å². The summed E-state index contributed by atoms with van der Waals surface area (Å²) in [5.74, 6) is 0. The second-order valence-corrected chi connectivity index (χ2v) is 3.70. The van der Waals surface area contributed by atoms with Crippen LogP contribution in [0.5, 0.6) is 0 Å². The molecule has 78 valence electrons. The molecular weight excluding hydrogens is 168 g/mol. The van der Waals surface area contributed by atoms with Gasteiger partial charge >= 0.3 is 0 Å². The lowest BCUT2D eigenvalue weighted by Crippen LogP contribution is -1.77. The highest BCUT2D eigenvalue weighted by atomic mass is 13.9. The van der Waals surface area contributed by atoms with Gasteiger partial charge in [-0.2, -0.15) is 0 Å². The van der Waals surface area contributed by atoms with Crippen LogP contribution in [0.25, 0.3) is 0 Å². The van der Waals surface area contributed by atoms with E-state index in [0.717, 1.165) is 18.4 Å². The maximum absolute atomic E-state index is 3.81. The summed E-state index contributed by atoms with van der Waals surface area (Å²) < 4.78 is 0. The van der Waals surface area contributed by atoms with Crippen LogP contribution in [0.1, 0.15) is 40.5 Å². The SMILES string of the molecule is C=C(C)C=CCC=CC(C)=C(C)CC. The fourth-order valence-electron chi connectivity index (χ4n) is 1.01. The lowest BCUT2D eigenvalue weighted by Gasteiger charge is -1.98. The molecule has 0 aromatic carbocycles. The topological polar surface area (TPSA) is 0 Å². The first-order valence-electron chi connectivity index (χ1n) is 5.22. The fraction of sp³-hybridized carbons (Fsp3) is 0.429. The number of hydrogen-bond acceptors (Lipinski definition) is 0. The fourth-order valence-corrected chi connectivity index (χ4v) is 1.01. The van der Waals surface area contributed by atoms with E-state index >= 15 is 0 Å². The first-order chi connectivity index (χ1) is 6.57. The van der Waals surface area contributed by atoms with E-state index in [4.69, 9.17) is 0 Å². The molecule has 0 aromatic rings. The van der Waals surface area contributed by atoms with E-state index in [2.05, 4.69) is 51.7 Å². The van der Waals surface area contributed by atoms with Crippen molar-refractivity contribution < 1.29 is 0 Å². The molecule has 0 heterocycles. The zero-order valence-electron chi connectivity index (χ0n) is 9.93. The molecule has 0 bridgehead atoms. The summed E-state index contributed by atoms with van der Waals surface area (Å²) in [6.07, 6.45) is 10.7. The van der Waals surface area contributed by atoms with Gasteiger partial charge in [0.2, 0.25) is 0 Å². The third-order valence-electron chi connectivity index (χ3n) is 2.25. The molecule has 0 fully saturated rings. The third kappa shape index (κ3) is 6.47. The maximum atomic E-state index is 3.81. The van der Waals surface area contributed by atoms with E-state index in [1.54, 1.807) is 0 Å². The van der Waals surface area contributed by atoms with E-state index in [1.165, 1.54) is 11.1 Å². The van der Waals surface area contributed by atoms with Crippen LogP contribution in [0.2, 0.25) is 0 Å². The molecule has 0 amide bonds. The Morgan fingerprint density at radius 1 is 1.07 bits per heavy atom. The van der Waals surface area contributed by atoms with Gasteiger partial charge < -0.3 is 0 Å². The normalized spacial score (nSPS) is 13.7. The monoisotopic (exact) mass is 190 g/mol. The summed E-state index contributed by atoms with van der Waals surface area (Å²) in [4.78, 5) is 0. The predicted octanol–water partition coefficient (Wildman–Crippen LogP) is 4.81. The van der Waals surface area contributed by atoms with E-state index in [-0.39, 0.29) is 0 Å². The highest BCUT2D eigenvalue weighted by Crippen LogP contribution is 2.08. The van der Waals surface area contributed by atoms with Crippen LogP contribution >= 0.6 is 0 Å². The minimum atomic E-state index is 0.987. The van der Waals surface area contributed by atoms with Crippen molar-refractivity contribution in [1.29, 1.82) is 0 Å². The van der Waals surface area contributed by atoms with Gasteiger partial charge in [0.25, 0.3) is 0 Å². The summed E-state index contributed by atoms with van der Waals surface area (Å²) in [6.45, 7) is 12.4. The van der Waals surface area contributed by atoms with E-state index in [1.807, 2.05) is 6.92 Å². The Hall–Kier alpha value is -1.04. The molecule has 0 radical (unpaired) electrons. The maximum Gasteiger partial charge on any atom is -0.0163 e. The molecule has 0 atom stereocenters. The van der Waals surface area contributed by atoms with Crippen molar-refractivity contribution in [3.63, 3.8) is 0 Å². The van der Waals surface area contributed by atoms with Crippen molar-refractivity contribution in [3.8, 4) is 0 Å². The molecule has 0 N–H and O–H groups in total. The average molecular weight is 190 g/mol. The van der Waals surface area contributed by atoms with Gasteiger partial charge in [0.1, 0.15) is 0 Å². The van der Waals surface area contributed by atoms with Crippen LogP contribution in [0.15, 0.2) is 47.6 Å². The second-order valence-electron chi connectivity index (χ2n) is 3.70. The lowest BCUT2D eigenvalue weighted by atomic mass is 10.1. The summed E-state index contributed by atoms with van der Waals surface area (Å²) in [7, 11) is 0. The molecule has 0 aromatic heterocycles. The minimum Gasteiger partial charge on any atom is -0.0961 e. The Bertz CT molecular complexity index is 262. The Kier molecular flexibility index (Phi) is 6.82. The smallest absolute Gasteiger partial charge is 0.0163 e. The zero-order valence-corrected chi connectivity index (χ0v) is 9.93. The van der Waals surface area contributed by atoms with Crippen LogP contribution in [0.3, 0.4) is 0 Å². The first-order valence-corrected chi connectivity index (χ1v) is 5.22. The molecule has 0 aliphatic rings. The molecule has 0 rings (SSSR count). The van der Waals surface area contributed by atoms with Crippen molar-refractivity contribution in [2.45, 2.75) is 40.5 Å². The first kappa shape index (κ1) is 13.0. The molecule has 14 heavy (non-hydrogen) atoms. The highest BCUT2D eigenvalue weighted by molar-refractivity contribution is 5.23. The van der Waals surface area contributed by atoms with Gasteiger partial charge in [-0.15, -0.1) is 0 Å². The Labute approximate surface area is 88.7 Å². The number of allylic oxidation sites excluding steroid dienone is 7. The van der Waals surface area contributed by atoms with Gasteiger partial charge in [0, 0.05) is 0 Å². The Balaban J connectivity index is 4.02. The van der Waals surface area contributed by atoms with Crippen molar-refractivity contribution in [1.82, 2.24) is 0 Å². The molecule has 0 unspecified atom stereocenters. The number of hydrogen-bond donors (Lipinski definition) is 0. The molecule has 0 aliphatic carbocycles. The van der Waals surface area contributed by atoms with Gasteiger partial charge in [-0.25, -0.2) is 0 Å². The standard InChI is InChI=1S/C14H22/c1-6-13(4)14(5)11-9-7-8-10-12(2)3/h8-11H,2,6-7H2,1,3-5H3. The van der Waals surface area contributed by atoms with Crippen molar-refractivity contribution in [3.05, 3.63) is 47.6 Å². The lowest BCUT2D eigenvalue weighted by molar-refractivity contribution is 1.07.